The normalized spacial score (nSPS) is 17.1. The van der Waals surface area contributed by atoms with Crippen molar-refractivity contribution in [3.63, 3.8) is 0 Å². The van der Waals surface area contributed by atoms with Gasteiger partial charge >= 0.3 is 0 Å². The van der Waals surface area contributed by atoms with E-state index >= 15 is 0 Å². The van der Waals surface area contributed by atoms with Crippen molar-refractivity contribution in [3.05, 3.63) is 64.5 Å². The summed E-state index contributed by atoms with van der Waals surface area (Å²) in [7, 11) is 0. The highest BCUT2D eigenvalue weighted by atomic mass is 32.1. The van der Waals surface area contributed by atoms with E-state index in [2.05, 4.69) is 17.0 Å². The van der Waals surface area contributed by atoms with Crippen LogP contribution >= 0.6 is 11.3 Å². The maximum atomic E-state index is 12.1. The van der Waals surface area contributed by atoms with E-state index in [1.54, 1.807) is 6.08 Å². The Balaban J connectivity index is 1.86. The highest BCUT2D eigenvalue weighted by Gasteiger charge is 2.19. The molecule has 0 unspecified atom stereocenters. The fraction of sp³-hybridized carbons (Fsp3) is 0.188. The smallest absolute Gasteiger partial charge is 0.197 e. The summed E-state index contributed by atoms with van der Waals surface area (Å²) in [6.07, 6.45) is 3.89. The van der Waals surface area contributed by atoms with Crippen LogP contribution in [-0.4, -0.2) is 12.3 Å². The van der Waals surface area contributed by atoms with Crippen LogP contribution in [0.2, 0.25) is 0 Å². The number of nitrogens with zero attached hydrogens (tertiary/aromatic N) is 1. The van der Waals surface area contributed by atoms with E-state index in [0.717, 1.165) is 30.0 Å². The number of anilines is 1. The van der Waals surface area contributed by atoms with Gasteiger partial charge in [-0.25, -0.2) is 0 Å². The number of rotatable bonds is 3. The molecule has 0 N–H and O–H groups in total. The molecule has 1 aromatic carbocycles. The van der Waals surface area contributed by atoms with Gasteiger partial charge in [0.25, 0.3) is 0 Å². The molecular formula is C16H15NOS. The number of carbonyl (C=O) groups is 1. The molecular weight excluding hydrogens is 254 g/mol. The topological polar surface area (TPSA) is 20.3 Å². The summed E-state index contributed by atoms with van der Waals surface area (Å²) >= 11 is 1.50. The van der Waals surface area contributed by atoms with Crippen molar-refractivity contribution in [1.29, 1.82) is 0 Å². The molecule has 0 saturated carbocycles. The number of benzene rings is 1. The number of ketones is 1. The second-order valence-electron chi connectivity index (χ2n) is 4.57. The Morgan fingerprint density at radius 2 is 2.00 bits per heavy atom. The number of hydrogen-bond acceptors (Lipinski definition) is 3. The number of carbonyl (C=O) groups excluding carboxylic acids is 1. The van der Waals surface area contributed by atoms with Crippen LogP contribution in [0.3, 0.4) is 0 Å². The molecule has 0 radical (unpaired) electrons. The molecule has 1 aromatic heterocycles. The molecule has 2 heterocycles. The Hall–Kier alpha value is -1.87. The number of hydrogen-bond donors (Lipinski definition) is 0. The summed E-state index contributed by atoms with van der Waals surface area (Å²) in [6.45, 7) is 0.994. The standard InChI is InChI=1S/C16H15NOS/c18-15(16-9-5-11-19-16)12-14-8-4-10-17(14)13-6-2-1-3-7-13/h1-3,5-7,9,11-12H,4,8,10H2/b14-12+. The van der Waals surface area contributed by atoms with Crippen molar-refractivity contribution in [2.75, 3.05) is 11.4 Å². The van der Waals surface area contributed by atoms with Crippen molar-refractivity contribution in [2.45, 2.75) is 12.8 Å². The predicted octanol–water partition coefficient (Wildman–Crippen LogP) is 4.12. The second kappa shape index (κ2) is 5.41. The van der Waals surface area contributed by atoms with Crippen LogP contribution in [0.1, 0.15) is 22.5 Å². The second-order valence-corrected chi connectivity index (χ2v) is 5.52. The zero-order valence-electron chi connectivity index (χ0n) is 10.6. The molecule has 3 rings (SSSR count). The summed E-state index contributed by atoms with van der Waals surface area (Å²) in [5.41, 5.74) is 2.30. The van der Waals surface area contributed by atoms with E-state index in [4.69, 9.17) is 0 Å². The average Bonchev–Trinajstić information content (AvgIpc) is 3.11. The van der Waals surface area contributed by atoms with E-state index in [1.807, 2.05) is 35.7 Å². The minimum Gasteiger partial charge on any atom is -0.345 e. The van der Waals surface area contributed by atoms with Gasteiger partial charge in [-0.2, -0.15) is 0 Å². The lowest BCUT2D eigenvalue weighted by Crippen LogP contribution is -2.16. The van der Waals surface area contributed by atoms with Crippen molar-refractivity contribution in [2.24, 2.45) is 0 Å². The monoisotopic (exact) mass is 269 g/mol. The van der Waals surface area contributed by atoms with Crippen molar-refractivity contribution in [1.82, 2.24) is 0 Å². The highest BCUT2D eigenvalue weighted by molar-refractivity contribution is 7.12. The van der Waals surface area contributed by atoms with E-state index in [0.29, 0.717) is 0 Å². The first-order valence-corrected chi connectivity index (χ1v) is 7.33. The van der Waals surface area contributed by atoms with Gasteiger partial charge in [-0.3, -0.25) is 4.79 Å². The van der Waals surface area contributed by atoms with Crippen molar-refractivity contribution in [3.8, 4) is 0 Å². The lowest BCUT2D eigenvalue weighted by molar-refractivity contribution is 0.104. The number of para-hydroxylation sites is 1. The van der Waals surface area contributed by atoms with Crippen LogP contribution in [0, 0.1) is 0 Å². The molecule has 0 aliphatic carbocycles. The molecule has 2 aromatic rings. The Kier molecular flexibility index (Phi) is 3.47. The van der Waals surface area contributed by atoms with Gasteiger partial charge in [0.05, 0.1) is 4.88 Å². The lowest BCUT2D eigenvalue weighted by Gasteiger charge is -2.19. The van der Waals surface area contributed by atoms with Gasteiger partial charge in [-0.05, 0) is 36.4 Å². The summed E-state index contributed by atoms with van der Waals surface area (Å²) in [5.74, 6) is 0.118. The highest BCUT2D eigenvalue weighted by Crippen LogP contribution is 2.28. The van der Waals surface area contributed by atoms with Crippen molar-refractivity contribution < 1.29 is 4.79 Å². The van der Waals surface area contributed by atoms with Gasteiger partial charge < -0.3 is 4.90 Å². The molecule has 1 fully saturated rings. The fourth-order valence-electron chi connectivity index (χ4n) is 2.39. The van der Waals surface area contributed by atoms with Crippen LogP contribution in [0.15, 0.2) is 59.6 Å². The molecule has 0 amide bonds. The maximum Gasteiger partial charge on any atom is 0.197 e. The van der Waals surface area contributed by atoms with E-state index < -0.39 is 0 Å². The van der Waals surface area contributed by atoms with E-state index in [9.17, 15) is 4.79 Å². The number of thiophene rings is 1. The Morgan fingerprint density at radius 1 is 1.16 bits per heavy atom. The van der Waals surface area contributed by atoms with E-state index in [1.165, 1.54) is 17.0 Å². The average molecular weight is 269 g/mol. The molecule has 0 spiro atoms. The Labute approximate surface area is 117 Å². The maximum absolute atomic E-state index is 12.1. The zero-order chi connectivity index (χ0) is 13.1. The molecule has 96 valence electrons. The van der Waals surface area contributed by atoms with Crippen LogP contribution in [0.25, 0.3) is 0 Å². The van der Waals surface area contributed by atoms with Gasteiger partial charge in [0.2, 0.25) is 0 Å². The molecule has 1 saturated heterocycles. The molecule has 1 aliphatic rings. The van der Waals surface area contributed by atoms with Gasteiger partial charge in [-0.1, -0.05) is 24.3 Å². The van der Waals surface area contributed by atoms with Crippen LogP contribution in [-0.2, 0) is 0 Å². The zero-order valence-corrected chi connectivity index (χ0v) is 11.4. The largest absolute Gasteiger partial charge is 0.345 e. The Bertz CT molecular complexity index is 586. The van der Waals surface area contributed by atoms with Gasteiger partial charge in [0.15, 0.2) is 5.78 Å². The fourth-order valence-corrected chi connectivity index (χ4v) is 3.03. The van der Waals surface area contributed by atoms with Gasteiger partial charge in [-0.15, -0.1) is 11.3 Å². The van der Waals surface area contributed by atoms with Crippen molar-refractivity contribution >= 4 is 22.8 Å². The van der Waals surface area contributed by atoms with Gasteiger partial charge in [0.1, 0.15) is 0 Å². The summed E-state index contributed by atoms with van der Waals surface area (Å²) in [4.78, 5) is 15.2. The third-order valence-corrected chi connectivity index (χ3v) is 4.18. The van der Waals surface area contributed by atoms with E-state index in [-0.39, 0.29) is 5.78 Å². The summed E-state index contributed by atoms with van der Waals surface area (Å²) < 4.78 is 0. The first-order valence-electron chi connectivity index (χ1n) is 6.45. The Morgan fingerprint density at radius 3 is 2.74 bits per heavy atom. The lowest BCUT2D eigenvalue weighted by atomic mass is 10.2. The third kappa shape index (κ3) is 2.61. The SMILES string of the molecule is O=C(/C=C1\CCCN1c1ccccc1)c1cccs1. The number of allylic oxidation sites excluding steroid dienone is 2. The first kappa shape index (κ1) is 12.2. The summed E-state index contributed by atoms with van der Waals surface area (Å²) in [6, 6.07) is 14.1. The van der Waals surface area contributed by atoms with Gasteiger partial charge in [0, 0.05) is 24.0 Å². The molecule has 3 heteroatoms. The minimum atomic E-state index is 0.118. The quantitative estimate of drug-likeness (QED) is 0.617. The summed E-state index contributed by atoms with van der Waals surface area (Å²) in [5, 5.41) is 1.94. The minimum absolute atomic E-state index is 0.118. The molecule has 2 nitrogen and oxygen atoms in total. The molecule has 0 atom stereocenters. The molecule has 0 bridgehead atoms. The first-order chi connectivity index (χ1) is 9.34. The third-order valence-electron chi connectivity index (χ3n) is 3.29. The predicted molar refractivity (Wildman–Crippen MR) is 79.8 cm³/mol. The van der Waals surface area contributed by atoms with Crippen LogP contribution in [0.4, 0.5) is 5.69 Å². The molecule has 19 heavy (non-hydrogen) atoms. The van der Waals surface area contributed by atoms with Crippen LogP contribution < -0.4 is 4.90 Å². The van der Waals surface area contributed by atoms with Crippen LogP contribution in [0.5, 0.6) is 0 Å². The molecule has 1 aliphatic heterocycles.